The first-order valence-corrected chi connectivity index (χ1v) is 6.42. The summed E-state index contributed by atoms with van der Waals surface area (Å²) in [6, 6.07) is 3.58. The number of nitrogens with one attached hydrogen (secondary N) is 1. The van der Waals surface area contributed by atoms with Crippen molar-refractivity contribution in [2.45, 2.75) is 26.8 Å². The highest BCUT2D eigenvalue weighted by molar-refractivity contribution is 6.31. The molecule has 0 aliphatic heterocycles. The molecule has 0 saturated heterocycles. The number of amides is 1. The number of benzene rings is 1. The number of carbonyl (C=O) groups excluding carboxylic acids is 1. The van der Waals surface area contributed by atoms with Gasteiger partial charge in [-0.1, -0.05) is 32.4 Å². The average molecular weight is 300 g/mol. The van der Waals surface area contributed by atoms with Gasteiger partial charge in [-0.2, -0.15) is 0 Å². The second-order valence-corrected chi connectivity index (χ2v) is 5.89. The standard InChI is InChI=1S/C14H18ClNO4/c1-14(2,3)11(13(18)19)16-12(17)9-7-8(15)5-6-10(9)20-4/h5-7,11H,1-4H3,(H,16,17)(H,18,19)/t11-/m1/s1. The largest absolute Gasteiger partial charge is 0.496 e. The number of hydrogen-bond acceptors (Lipinski definition) is 3. The summed E-state index contributed by atoms with van der Waals surface area (Å²) in [5, 5.41) is 12.1. The Hall–Kier alpha value is -1.75. The maximum absolute atomic E-state index is 12.2. The lowest BCUT2D eigenvalue weighted by Gasteiger charge is -2.28. The quantitative estimate of drug-likeness (QED) is 0.896. The molecule has 1 aromatic rings. The Balaban J connectivity index is 3.07. The molecule has 2 N–H and O–H groups in total. The number of methoxy groups -OCH3 is 1. The van der Waals surface area contributed by atoms with Gasteiger partial charge in [-0.15, -0.1) is 0 Å². The van der Waals surface area contributed by atoms with Crippen LogP contribution in [0.25, 0.3) is 0 Å². The van der Waals surface area contributed by atoms with E-state index in [4.69, 9.17) is 16.3 Å². The van der Waals surface area contributed by atoms with Crippen LogP contribution in [0.1, 0.15) is 31.1 Å². The Bertz CT molecular complexity index is 522. The van der Waals surface area contributed by atoms with E-state index in [0.29, 0.717) is 10.8 Å². The predicted molar refractivity (Wildman–Crippen MR) is 76.3 cm³/mol. The molecule has 0 unspecified atom stereocenters. The van der Waals surface area contributed by atoms with Gasteiger partial charge in [0.2, 0.25) is 0 Å². The first-order chi connectivity index (χ1) is 9.16. The molecule has 1 amide bonds. The highest BCUT2D eigenvalue weighted by Crippen LogP contribution is 2.24. The number of carboxylic acid groups (broad SMARTS) is 1. The summed E-state index contributed by atoms with van der Waals surface area (Å²) in [5.74, 6) is -1.29. The third kappa shape index (κ3) is 3.87. The van der Waals surface area contributed by atoms with E-state index in [1.807, 2.05) is 0 Å². The molecular formula is C14H18ClNO4. The topological polar surface area (TPSA) is 75.6 Å². The fraction of sp³-hybridized carbons (Fsp3) is 0.429. The average Bonchev–Trinajstić information content (AvgIpc) is 2.33. The molecule has 0 fully saturated rings. The van der Waals surface area contributed by atoms with E-state index >= 15 is 0 Å². The van der Waals surface area contributed by atoms with Crippen molar-refractivity contribution in [3.63, 3.8) is 0 Å². The molecule has 6 heteroatoms. The third-order valence-corrected chi connectivity index (χ3v) is 3.03. The first-order valence-electron chi connectivity index (χ1n) is 6.04. The van der Waals surface area contributed by atoms with Crippen LogP contribution in [0.3, 0.4) is 0 Å². The number of ether oxygens (including phenoxy) is 1. The molecule has 0 bridgehead atoms. The van der Waals surface area contributed by atoms with Crippen LogP contribution in [0.2, 0.25) is 5.02 Å². The zero-order valence-electron chi connectivity index (χ0n) is 11.9. The third-order valence-electron chi connectivity index (χ3n) is 2.79. The number of hydrogen-bond donors (Lipinski definition) is 2. The number of carboxylic acids is 1. The van der Waals surface area contributed by atoms with Crippen LogP contribution in [0.4, 0.5) is 0 Å². The van der Waals surface area contributed by atoms with Crippen LogP contribution >= 0.6 is 11.6 Å². The summed E-state index contributed by atoms with van der Waals surface area (Å²) in [4.78, 5) is 23.5. The van der Waals surface area contributed by atoms with Crippen molar-refractivity contribution in [1.29, 1.82) is 0 Å². The zero-order chi connectivity index (χ0) is 15.5. The van der Waals surface area contributed by atoms with E-state index in [9.17, 15) is 14.7 Å². The van der Waals surface area contributed by atoms with Gasteiger partial charge in [0.1, 0.15) is 11.8 Å². The molecule has 0 saturated carbocycles. The Kier molecular flexibility index (Phi) is 5.00. The van der Waals surface area contributed by atoms with E-state index in [0.717, 1.165) is 0 Å². The highest BCUT2D eigenvalue weighted by atomic mass is 35.5. The van der Waals surface area contributed by atoms with Crippen LogP contribution < -0.4 is 10.1 Å². The molecule has 0 spiro atoms. The maximum Gasteiger partial charge on any atom is 0.326 e. The van der Waals surface area contributed by atoms with E-state index in [2.05, 4.69) is 5.32 Å². The summed E-state index contributed by atoms with van der Waals surface area (Å²) < 4.78 is 5.08. The van der Waals surface area contributed by atoms with Crippen molar-refractivity contribution in [2.75, 3.05) is 7.11 Å². The molecular weight excluding hydrogens is 282 g/mol. The van der Waals surface area contributed by atoms with Crippen molar-refractivity contribution in [3.05, 3.63) is 28.8 Å². The number of rotatable bonds is 4. The van der Waals surface area contributed by atoms with Crippen LogP contribution in [-0.2, 0) is 4.79 Å². The van der Waals surface area contributed by atoms with Gasteiger partial charge in [0, 0.05) is 5.02 Å². The molecule has 0 aliphatic rings. The minimum Gasteiger partial charge on any atom is -0.496 e. The summed E-state index contributed by atoms with van der Waals surface area (Å²) in [5.41, 5.74) is -0.414. The van der Waals surface area contributed by atoms with E-state index in [1.54, 1.807) is 32.9 Å². The zero-order valence-corrected chi connectivity index (χ0v) is 12.6. The van der Waals surface area contributed by atoms with Crippen LogP contribution in [0.5, 0.6) is 5.75 Å². The fourth-order valence-corrected chi connectivity index (χ4v) is 1.89. The molecule has 1 rings (SSSR count). The minimum atomic E-state index is -1.09. The van der Waals surface area contributed by atoms with Gasteiger partial charge in [-0.25, -0.2) is 4.79 Å². The van der Waals surface area contributed by atoms with Crippen molar-refractivity contribution in [2.24, 2.45) is 5.41 Å². The molecule has 1 aromatic carbocycles. The van der Waals surface area contributed by atoms with Gasteiger partial charge in [0.25, 0.3) is 5.91 Å². The number of halogens is 1. The normalized spacial score (nSPS) is 12.7. The van der Waals surface area contributed by atoms with Crippen LogP contribution in [-0.4, -0.2) is 30.1 Å². The summed E-state index contributed by atoms with van der Waals surface area (Å²) in [6.45, 7) is 5.21. The minimum absolute atomic E-state index is 0.204. The fourth-order valence-electron chi connectivity index (χ4n) is 1.72. The van der Waals surface area contributed by atoms with Crippen molar-refractivity contribution in [1.82, 2.24) is 5.32 Å². The van der Waals surface area contributed by atoms with Gasteiger partial charge in [0.15, 0.2) is 0 Å². The first kappa shape index (κ1) is 16.3. The van der Waals surface area contributed by atoms with Gasteiger partial charge in [-0.05, 0) is 23.6 Å². The number of aliphatic carboxylic acids is 1. The van der Waals surface area contributed by atoms with Crippen molar-refractivity contribution >= 4 is 23.5 Å². The summed E-state index contributed by atoms with van der Waals surface area (Å²) >= 11 is 5.85. The van der Waals surface area contributed by atoms with Gasteiger partial charge < -0.3 is 15.2 Å². The molecule has 20 heavy (non-hydrogen) atoms. The molecule has 1 atom stereocenters. The Morgan fingerprint density at radius 2 is 1.95 bits per heavy atom. The molecule has 5 nitrogen and oxygen atoms in total. The van der Waals surface area contributed by atoms with Gasteiger partial charge in [0.05, 0.1) is 12.7 Å². The number of carbonyl (C=O) groups is 2. The van der Waals surface area contributed by atoms with Gasteiger partial charge in [-0.3, -0.25) is 4.79 Å². The molecule has 0 aromatic heterocycles. The Labute approximate surface area is 122 Å². The summed E-state index contributed by atoms with van der Waals surface area (Å²) in [7, 11) is 1.43. The predicted octanol–water partition coefficient (Wildman–Crippen LogP) is 2.58. The maximum atomic E-state index is 12.2. The van der Waals surface area contributed by atoms with Crippen molar-refractivity contribution in [3.8, 4) is 5.75 Å². The molecule has 0 heterocycles. The lowest BCUT2D eigenvalue weighted by molar-refractivity contribution is -0.142. The van der Waals surface area contributed by atoms with E-state index in [-0.39, 0.29) is 5.56 Å². The lowest BCUT2D eigenvalue weighted by atomic mass is 9.86. The van der Waals surface area contributed by atoms with Crippen LogP contribution in [0, 0.1) is 5.41 Å². The summed E-state index contributed by atoms with van der Waals surface area (Å²) in [6.07, 6.45) is 0. The van der Waals surface area contributed by atoms with Crippen LogP contribution in [0.15, 0.2) is 18.2 Å². The molecule has 110 valence electrons. The van der Waals surface area contributed by atoms with Gasteiger partial charge >= 0.3 is 5.97 Å². The van der Waals surface area contributed by atoms with E-state index in [1.165, 1.54) is 13.2 Å². The second kappa shape index (κ2) is 6.13. The smallest absolute Gasteiger partial charge is 0.326 e. The Morgan fingerprint density at radius 3 is 2.40 bits per heavy atom. The Morgan fingerprint density at radius 1 is 1.35 bits per heavy atom. The SMILES string of the molecule is COc1ccc(Cl)cc1C(=O)N[C@H](C(=O)O)C(C)(C)C. The highest BCUT2D eigenvalue weighted by Gasteiger charge is 2.33. The monoisotopic (exact) mass is 299 g/mol. The van der Waals surface area contributed by atoms with E-state index < -0.39 is 23.3 Å². The lowest BCUT2D eigenvalue weighted by Crippen LogP contribution is -2.49. The molecule has 0 radical (unpaired) electrons. The van der Waals surface area contributed by atoms with Crippen molar-refractivity contribution < 1.29 is 19.4 Å². The molecule has 0 aliphatic carbocycles. The second-order valence-electron chi connectivity index (χ2n) is 5.46.